The second-order valence-electron chi connectivity index (χ2n) is 5.29. The summed E-state index contributed by atoms with van der Waals surface area (Å²) in [5.41, 5.74) is 1.02. The number of benzene rings is 1. The molecule has 1 aromatic carbocycles. The molecule has 0 spiro atoms. The predicted molar refractivity (Wildman–Crippen MR) is 87.1 cm³/mol. The lowest BCUT2D eigenvalue weighted by Gasteiger charge is -2.19. The Kier molecular flexibility index (Phi) is 7.45. The molecule has 0 atom stereocenters. The van der Waals surface area contributed by atoms with Crippen LogP contribution in [0, 0.1) is 0 Å². The normalized spacial score (nSPS) is 12.9. The number of nitrogens with one attached hydrogen (secondary N) is 1. The predicted octanol–water partition coefficient (Wildman–Crippen LogP) is 2.69. The highest BCUT2D eigenvalue weighted by Gasteiger charge is 2.21. The Bertz CT molecular complexity index is 472. The number of hydrogen-bond donors (Lipinski definition) is 1. The third-order valence-corrected chi connectivity index (χ3v) is 3.42. The summed E-state index contributed by atoms with van der Waals surface area (Å²) in [6, 6.07) is 3.88. The first-order valence-corrected chi connectivity index (χ1v) is 8.19. The summed E-state index contributed by atoms with van der Waals surface area (Å²) in [5, 5.41) is 3.36. The number of methoxy groups -OCH3 is 1. The Morgan fingerprint density at radius 2 is 1.87 bits per heavy atom. The number of rotatable bonds is 11. The first-order chi connectivity index (χ1) is 11.3. The Labute approximate surface area is 138 Å². The van der Waals surface area contributed by atoms with Crippen molar-refractivity contribution in [2.45, 2.75) is 39.5 Å². The molecule has 1 aromatic rings. The topological polar surface area (TPSA) is 58.2 Å². The Morgan fingerprint density at radius 3 is 2.52 bits per heavy atom. The van der Waals surface area contributed by atoms with Gasteiger partial charge >= 0.3 is 0 Å². The SMILES string of the molecule is CCCOC(CNCc1ccc2c(c1OC)OCO2)OCCC. The van der Waals surface area contributed by atoms with E-state index < -0.39 is 0 Å². The molecule has 1 aliphatic rings. The second-order valence-corrected chi connectivity index (χ2v) is 5.29. The van der Waals surface area contributed by atoms with Crippen LogP contribution < -0.4 is 19.5 Å². The van der Waals surface area contributed by atoms with Crippen LogP contribution in [0.2, 0.25) is 0 Å². The van der Waals surface area contributed by atoms with E-state index in [9.17, 15) is 0 Å². The quantitative estimate of drug-likeness (QED) is 0.631. The van der Waals surface area contributed by atoms with Gasteiger partial charge in [0.15, 0.2) is 17.8 Å². The van der Waals surface area contributed by atoms with Crippen molar-refractivity contribution in [2.24, 2.45) is 0 Å². The molecule has 0 radical (unpaired) electrons. The maximum atomic E-state index is 5.70. The molecular weight excluding hydrogens is 298 g/mol. The van der Waals surface area contributed by atoms with Gasteiger partial charge in [-0.3, -0.25) is 0 Å². The van der Waals surface area contributed by atoms with Crippen molar-refractivity contribution in [3.63, 3.8) is 0 Å². The molecule has 2 rings (SSSR count). The molecular formula is C17H27NO5. The van der Waals surface area contributed by atoms with Crippen LogP contribution in [-0.4, -0.2) is 40.0 Å². The first kappa shape index (κ1) is 17.8. The van der Waals surface area contributed by atoms with Crippen LogP contribution in [0.25, 0.3) is 0 Å². The van der Waals surface area contributed by atoms with Crippen molar-refractivity contribution in [3.8, 4) is 17.2 Å². The summed E-state index contributed by atoms with van der Waals surface area (Å²) in [4.78, 5) is 0. The lowest BCUT2D eigenvalue weighted by molar-refractivity contribution is -0.139. The van der Waals surface area contributed by atoms with E-state index in [4.69, 9.17) is 23.7 Å². The van der Waals surface area contributed by atoms with Crippen molar-refractivity contribution < 1.29 is 23.7 Å². The molecule has 6 nitrogen and oxygen atoms in total. The van der Waals surface area contributed by atoms with Gasteiger partial charge in [0.1, 0.15) is 0 Å². The van der Waals surface area contributed by atoms with Gasteiger partial charge in [0.2, 0.25) is 12.5 Å². The molecule has 23 heavy (non-hydrogen) atoms. The molecule has 1 aliphatic heterocycles. The number of ether oxygens (including phenoxy) is 5. The van der Waals surface area contributed by atoms with Crippen molar-refractivity contribution in [3.05, 3.63) is 17.7 Å². The van der Waals surface area contributed by atoms with E-state index in [1.807, 2.05) is 12.1 Å². The molecule has 0 aliphatic carbocycles. The Balaban J connectivity index is 1.89. The van der Waals surface area contributed by atoms with Gasteiger partial charge in [0, 0.05) is 31.9 Å². The smallest absolute Gasteiger partial charge is 0.231 e. The van der Waals surface area contributed by atoms with Crippen LogP contribution in [0.15, 0.2) is 12.1 Å². The van der Waals surface area contributed by atoms with Crippen molar-refractivity contribution >= 4 is 0 Å². The van der Waals surface area contributed by atoms with Crippen molar-refractivity contribution in [1.82, 2.24) is 5.32 Å². The van der Waals surface area contributed by atoms with Gasteiger partial charge in [-0.15, -0.1) is 0 Å². The molecule has 0 saturated heterocycles. The van der Waals surface area contributed by atoms with Crippen LogP contribution in [0.3, 0.4) is 0 Å². The van der Waals surface area contributed by atoms with E-state index in [1.165, 1.54) is 0 Å². The fourth-order valence-electron chi connectivity index (χ4n) is 2.34. The van der Waals surface area contributed by atoms with Gasteiger partial charge in [0.25, 0.3) is 0 Å². The van der Waals surface area contributed by atoms with E-state index >= 15 is 0 Å². The van der Waals surface area contributed by atoms with Crippen LogP contribution >= 0.6 is 0 Å². The third-order valence-electron chi connectivity index (χ3n) is 3.42. The van der Waals surface area contributed by atoms with Gasteiger partial charge in [-0.1, -0.05) is 19.9 Å². The van der Waals surface area contributed by atoms with E-state index in [0.717, 1.165) is 24.2 Å². The zero-order chi connectivity index (χ0) is 16.5. The molecule has 0 unspecified atom stereocenters. The highest BCUT2D eigenvalue weighted by atomic mass is 16.7. The van der Waals surface area contributed by atoms with Gasteiger partial charge < -0.3 is 29.0 Å². The summed E-state index contributed by atoms with van der Waals surface area (Å²) in [7, 11) is 1.64. The van der Waals surface area contributed by atoms with Crippen LogP contribution in [-0.2, 0) is 16.0 Å². The second kappa shape index (κ2) is 9.60. The monoisotopic (exact) mass is 325 g/mol. The van der Waals surface area contributed by atoms with Crippen LogP contribution in [0.5, 0.6) is 17.2 Å². The maximum Gasteiger partial charge on any atom is 0.231 e. The molecule has 1 N–H and O–H groups in total. The fraction of sp³-hybridized carbons (Fsp3) is 0.647. The van der Waals surface area contributed by atoms with Gasteiger partial charge in [-0.2, -0.15) is 0 Å². The lowest BCUT2D eigenvalue weighted by Crippen LogP contribution is -2.31. The molecule has 0 bridgehead atoms. The van der Waals surface area contributed by atoms with Crippen LogP contribution in [0.1, 0.15) is 32.3 Å². The highest BCUT2D eigenvalue weighted by molar-refractivity contribution is 5.56. The third kappa shape index (κ3) is 4.99. The first-order valence-electron chi connectivity index (χ1n) is 8.19. The molecule has 130 valence electrons. The van der Waals surface area contributed by atoms with E-state index in [2.05, 4.69) is 19.2 Å². The molecule has 0 fully saturated rings. The minimum absolute atomic E-state index is 0.227. The standard InChI is InChI=1S/C17H27NO5/c1-4-8-20-15(21-9-5-2)11-18-10-13-6-7-14-17(16(13)19-3)23-12-22-14/h6-7,15,18H,4-5,8-12H2,1-3H3. The number of fused-ring (bicyclic) bond motifs is 1. The summed E-state index contributed by atoms with van der Waals surface area (Å²) >= 11 is 0. The van der Waals surface area contributed by atoms with Gasteiger partial charge in [-0.05, 0) is 18.9 Å². The van der Waals surface area contributed by atoms with E-state index in [0.29, 0.717) is 37.8 Å². The van der Waals surface area contributed by atoms with E-state index in [-0.39, 0.29) is 13.1 Å². The Hall–Kier alpha value is -1.50. The zero-order valence-corrected chi connectivity index (χ0v) is 14.2. The van der Waals surface area contributed by atoms with Crippen LogP contribution in [0.4, 0.5) is 0 Å². The summed E-state index contributed by atoms with van der Waals surface area (Å²) in [5.74, 6) is 2.11. The summed E-state index contributed by atoms with van der Waals surface area (Å²) in [6.07, 6.45) is 1.72. The van der Waals surface area contributed by atoms with Crippen molar-refractivity contribution in [1.29, 1.82) is 0 Å². The molecule has 0 amide bonds. The average Bonchev–Trinajstić information content (AvgIpc) is 3.05. The van der Waals surface area contributed by atoms with E-state index in [1.54, 1.807) is 7.11 Å². The largest absolute Gasteiger partial charge is 0.492 e. The maximum absolute atomic E-state index is 5.70. The summed E-state index contributed by atoms with van der Waals surface area (Å²) in [6.45, 7) is 7.07. The zero-order valence-electron chi connectivity index (χ0n) is 14.2. The minimum Gasteiger partial charge on any atom is -0.492 e. The molecule has 0 saturated carbocycles. The minimum atomic E-state index is -0.227. The lowest BCUT2D eigenvalue weighted by atomic mass is 10.1. The highest BCUT2D eigenvalue weighted by Crippen LogP contribution is 2.42. The fourth-order valence-corrected chi connectivity index (χ4v) is 2.34. The van der Waals surface area contributed by atoms with Gasteiger partial charge in [-0.25, -0.2) is 0 Å². The summed E-state index contributed by atoms with van der Waals surface area (Å²) < 4.78 is 27.7. The average molecular weight is 325 g/mol. The Morgan fingerprint density at radius 1 is 1.13 bits per heavy atom. The van der Waals surface area contributed by atoms with Crippen molar-refractivity contribution in [2.75, 3.05) is 33.7 Å². The molecule has 6 heteroatoms. The molecule has 0 aromatic heterocycles. The number of hydrogen-bond acceptors (Lipinski definition) is 6. The molecule has 1 heterocycles. The van der Waals surface area contributed by atoms with Gasteiger partial charge in [0.05, 0.1) is 7.11 Å².